The fourth-order valence-corrected chi connectivity index (χ4v) is 2.73. The number of hydrogen-bond acceptors (Lipinski definition) is 2. The average Bonchev–Trinajstić information content (AvgIpc) is 3.08. The van der Waals surface area contributed by atoms with Gasteiger partial charge in [0.1, 0.15) is 0 Å². The van der Waals surface area contributed by atoms with Gasteiger partial charge in [-0.1, -0.05) is 54.6 Å². The normalized spacial score (nSPS) is 17.4. The van der Waals surface area contributed by atoms with Gasteiger partial charge in [-0.2, -0.15) is 0 Å². The molecule has 1 heterocycles. The molecule has 1 fully saturated rings. The largest absolute Gasteiger partial charge is 0.376 e. The van der Waals surface area contributed by atoms with Crippen molar-refractivity contribution in [1.29, 1.82) is 0 Å². The highest BCUT2D eigenvalue weighted by Crippen LogP contribution is 2.19. The SMILES string of the molecule is O=C(Cc1ccc(-c2ccccc2)cc1)NCC1CCCO1. The van der Waals surface area contributed by atoms with E-state index in [1.54, 1.807) is 0 Å². The highest BCUT2D eigenvalue weighted by atomic mass is 16.5. The van der Waals surface area contributed by atoms with Crippen LogP contribution in [0.3, 0.4) is 0 Å². The molecular formula is C19H21NO2. The molecule has 2 aromatic carbocycles. The molecule has 22 heavy (non-hydrogen) atoms. The van der Waals surface area contributed by atoms with Gasteiger partial charge >= 0.3 is 0 Å². The maximum Gasteiger partial charge on any atom is 0.224 e. The van der Waals surface area contributed by atoms with Crippen molar-refractivity contribution in [3.8, 4) is 11.1 Å². The fraction of sp³-hybridized carbons (Fsp3) is 0.316. The summed E-state index contributed by atoms with van der Waals surface area (Å²) in [7, 11) is 0. The van der Waals surface area contributed by atoms with Crippen molar-refractivity contribution >= 4 is 5.91 Å². The smallest absolute Gasteiger partial charge is 0.224 e. The Bertz CT molecular complexity index is 601. The van der Waals surface area contributed by atoms with Gasteiger partial charge in [-0.15, -0.1) is 0 Å². The number of ether oxygens (including phenoxy) is 1. The van der Waals surface area contributed by atoms with Crippen molar-refractivity contribution in [2.45, 2.75) is 25.4 Å². The van der Waals surface area contributed by atoms with Gasteiger partial charge in [-0.3, -0.25) is 4.79 Å². The summed E-state index contributed by atoms with van der Waals surface area (Å²) in [5, 5.41) is 2.96. The Kier molecular flexibility index (Phi) is 4.86. The molecule has 1 aliphatic rings. The molecule has 3 nitrogen and oxygen atoms in total. The molecule has 0 radical (unpaired) electrons. The summed E-state index contributed by atoms with van der Waals surface area (Å²) in [5.74, 6) is 0.0583. The highest BCUT2D eigenvalue weighted by Gasteiger charge is 2.16. The standard InChI is InChI=1S/C19H21NO2/c21-19(20-14-18-7-4-12-22-18)13-15-8-10-17(11-9-15)16-5-2-1-3-6-16/h1-3,5-6,8-11,18H,4,7,12-14H2,(H,20,21). The molecule has 1 N–H and O–H groups in total. The maximum absolute atomic E-state index is 12.0. The predicted molar refractivity (Wildman–Crippen MR) is 87.6 cm³/mol. The molecule has 0 saturated carbocycles. The van der Waals surface area contributed by atoms with Gasteiger partial charge in [0.25, 0.3) is 0 Å². The Labute approximate surface area is 131 Å². The van der Waals surface area contributed by atoms with E-state index in [1.165, 1.54) is 11.1 Å². The van der Waals surface area contributed by atoms with Gasteiger partial charge < -0.3 is 10.1 Å². The first kappa shape index (κ1) is 14.8. The van der Waals surface area contributed by atoms with Crippen LogP contribution < -0.4 is 5.32 Å². The molecule has 0 bridgehead atoms. The van der Waals surface area contributed by atoms with Crippen LogP contribution in [0.15, 0.2) is 54.6 Å². The van der Waals surface area contributed by atoms with Crippen molar-refractivity contribution in [2.24, 2.45) is 0 Å². The molecule has 0 spiro atoms. The highest BCUT2D eigenvalue weighted by molar-refractivity contribution is 5.78. The van der Waals surface area contributed by atoms with Gasteiger partial charge in [0.15, 0.2) is 0 Å². The van der Waals surface area contributed by atoms with Crippen LogP contribution in [0.4, 0.5) is 0 Å². The van der Waals surface area contributed by atoms with E-state index in [4.69, 9.17) is 4.74 Å². The molecule has 1 saturated heterocycles. The molecule has 1 aliphatic heterocycles. The van der Waals surface area contributed by atoms with E-state index in [0.29, 0.717) is 13.0 Å². The Balaban J connectivity index is 1.53. The van der Waals surface area contributed by atoms with Crippen molar-refractivity contribution < 1.29 is 9.53 Å². The van der Waals surface area contributed by atoms with Crippen molar-refractivity contribution in [3.63, 3.8) is 0 Å². The summed E-state index contributed by atoms with van der Waals surface area (Å²) in [6, 6.07) is 18.4. The van der Waals surface area contributed by atoms with Gasteiger partial charge in [-0.25, -0.2) is 0 Å². The van der Waals surface area contributed by atoms with E-state index < -0.39 is 0 Å². The minimum absolute atomic E-state index is 0.0583. The minimum Gasteiger partial charge on any atom is -0.376 e. The molecule has 1 unspecified atom stereocenters. The number of nitrogens with one attached hydrogen (secondary N) is 1. The van der Waals surface area contributed by atoms with Crippen LogP contribution in [0.25, 0.3) is 11.1 Å². The van der Waals surface area contributed by atoms with Gasteiger partial charge in [0.05, 0.1) is 12.5 Å². The van der Waals surface area contributed by atoms with Gasteiger partial charge in [0, 0.05) is 13.2 Å². The second-order valence-corrected chi connectivity index (χ2v) is 5.68. The molecular weight excluding hydrogens is 274 g/mol. The molecule has 0 aliphatic carbocycles. The zero-order chi connectivity index (χ0) is 15.2. The minimum atomic E-state index is 0.0583. The first-order valence-corrected chi connectivity index (χ1v) is 7.84. The Morgan fingerprint density at radius 2 is 1.77 bits per heavy atom. The lowest BCUT2D eigenvalue weighted by Gasteiger charge is -2.11. The van der Waals surface area contributed by atoms with E-state index >= 15 is 0 Å². The third-order valence-corrected chi connectivity index (χ3v) is 3.98. The van der Waals surface area contributed by atoms with Crippen molar-refractivity contribution in [2.75, 3.05) is 13.2 Å². The molecule has 114 valence electrons. The van der Waals surface area contributed by atoms with Crippen LogP contribution in [0.1, 0.15) is 18.4 Å². The van der Waals surface area contributed by atoms with Crippen molar-refractivity contribution in [1.82, 2.24) is 5.32 Å². The van der Waals surface area contributed by atoms with Crippen LogP contribution in [0.2, 0.25) is 0 Å². The second-order valence-electron chi connectivity index (χ2n) is 5.68. The molecule has 0 aromatic heterocycles. The van der Waals surface area contributed by atoms with Gasteiger partial charge in [-0.05, 0) is 29.5 Å². The number of hydrogen-bond donors (Lipinski definition) is 1. The second kappa shape index (κ2) is 7.23. The Hall–Kier alpha value is -2.13. The summed E-state index contributed by atoms with van der Waals surface area (Å²) in [4.78, 5) is 12.0. The summed E-state index contributed by atoms with van der Waals surface area (Å²) >= 11 is 0. The number of rotatable bonds is 5. The lowest BCUT2D eigenvalue weighted by Crippen LogP contribution is -2.32. The molecule has 3 rings (SSSR count). The van der Waals surface area contributed by atoms with E-state index in [9.17, 15) is 4.79 Å². The number of carbonyl (C=O) groups is 1. The van der Waals surface area contributed by atoms with E-state index in [2.05, 4.69) is 29.6 Å². The summed E-state index contributed by atoms with van der Waals surface area (Å²) < 4.78 is 5.50. The summed E-state index contributed by atoms with van der Waals surface area (Å²) in [5.41, 5.74) is 3.39. The van der Waals surface area contributed by atoms with E-state index in [0.717, 1.165) is 25.0 Å². The van der Waals surface area contributed by atoms with E-state index in [1.807, 2.05) is 30.3 Å². The number of carbonyl (C=O) groups excluding carboxylic acids is 1. The third-order valence-electron chi connectivity index (χ3n) is 3.98. The average molecular weight is 295 g/mol. The predicted octanol–water partition coefficient (Wildman–Crippen LogP) is 3.19. The van der Waals surface area contributed by atoms with Crippen LogP contribution >= 0.6 is 0 Å². The maximum atomic E-state index is 12.0. The monoisotopic (exact) mass is 295 g/mol. The van der Waals surface area contributed by atoms with E-state index in [-0.39, 0.29) is 12.0 Å². The molecule has 3 heteroatoms. The quantitative estimate of drug-likeness (QED) is 0.920. The van der Waals surface area contributed by atoms with Crippen molar-refractivity contribution in [3.05, 3.63) is 60.2 Å². The topological polar surface area (TPSA) is 38.3 Å². The molecule has 2 aromatic rings. The van der Waals surface area contributed by atoms with Crippen LogP contribution in [-0.2, 0) is 16.0 Å². The number of amides is 1. The molecule has 1 amide bonds. The summed E-state index contributed by atoms with van der Waals surface area (Å²) in [6.45, 7) is 1.45. The third kappa shape index (κ3) is 3.95. The van der Waals surface area contributed by atoms with Crippen LogP contribution in [0, 0.1) is 0 Å². The first-order valence-electron chi connectivity index (χ1n) is 7.84. The Morgan fingerprint density at radius 1 is 1.05 bits per heavy atom. The van der Waals surface area contributed by atoms with Gasteiger partial charge in [0.2, 0.25) is 5.91 Å². The summed E-state index contributed by atoms with van der Waals surface area (Å²) in [6.07, 6.45) is 2.76. The first-order chi connectivity index (χ1) is 10.8. The zero-order valence-corrected chi connectivity index (χ0v) is 12.6. The lowest BCUT2D eigenvalue weighted by molar-refractivity contribution is -0.120. The zero-order valence-electron chi connectivity index (χ0n) is 12.6. The molecule has 1 atom stereocenters. The number of benzene rings is 2. The lowest BCUT2D eigenvalue weighted by atomic mass is 10.0. The fourth-order valence-electron chi connectivity index (χ4n) is 2.73. The van der Waals surface area contributed by atoms with Crippen LogP contribution in [-0.4, -0.2) is 25.2 Å². The Morgan fingerprint density at radius 3 is 2.45 bits per heavy atom. The van der Waals surface area contributed by atoms with Crippen LogP contribution in [0.5, 0.6) is 0 Å².